The van der Waals surface area contributed by atoms with E-state index in [1.165, 1.54) is 0 Å². The van der Waals surface area contributed by atoms with Gasteiger partial charge in [-0.1, -0.05) is 24.3 Å². The molecule has 4 rings (SSSR count). The van der Waals surface area contributed by atoms with Crippen LogP contribution >= 0.6 is 0 Å². The van der Waals surface area contributed by atoms with Crippen molar-refractivity contribution in [2.45, 2.75) is 51.0 Å². The molecule has 30 heavy (non-hydrogen) atoms. The second-order valence-corrected chi connectivity index (χ2v) is 8.98. The van der Waals surface area contributed by atoms with Gasteiger partial charge in [-0.15, -0.1) is 0 Å². The molecule has 2 aromatic carbocycles. The average molecular weight is 407 g/mol. The van der Waals surface area contributed by atoms with Gasteiger partial charge in [0, 0.05) is 23.8 Å². The van der Waals surface area contributed by atoms with Gasteiger partial charge in [0.25, 0.3) is 5.91 Å². The molecule has 0 saturated heterocycles. The Hall–Kier alpha value is -2.82. The Kier molecular flexibility index (Phi) is 5.54. The van der Waals surface area contributed by atoms with Crippen LogP contribution in [0.25, 0.3) is 0 Å². The Morgan fingerprint density at radius 2 is 1.83 bits per heavy atom. The van der Waals surface area contributed by atoms with E-state index in [0.29, 0.717) is 17.2 Å². The fourth-order valence-electron chi connectivity index (χ4n) is 4.76. The van der Waals surface area contributed by atoms with Gasteiger partial charge in [0.2, 0.25) is 5.91 Å². The molecule has 0 aromatic heterocycles. The van der Waals surface area contributed by atoms with E-state index in [9.17, 15) is 9.59 Å². The molecule has 5 heteroatoms. The summed E-state index contributed by atoms with van der Waals surface area (Å²) in [6.07, 6.45) is 3.89. The number of benzene rings is 2. The number of para-hydroxylation sites is 1. The lowest BCUT2D eigenvalue weighted by Crippen LogP contribution is -2.42. The number of carbonyl (C=O) groups excluding carboxylic acids is 2. The van der Waals surface area contributed by atoms with Crippen molar-refractivity contribution in [1.29, 1.82) is 0 Å². The fourth-order valence-corrected chi connectivity index (χ4v) is 4.76. The Morgan fingerprint density at radius 3 is 2.57 bits per heavy atom. The van der Waals surface area contributed by atoms with Gasteiger partial charge in [0.15, 0.2) is 0 Å². The van der Waals surface area contributed by atoms with Gasteiger partial charge >= 0.3 is 0 Å². The molecule has 0 atom stereocenters. The molecule has 2 aromatic rings. The third-order valence-electron chi connectivity index (χ3n) is 6.60. The van der Waals surface area contributed by atoms with Crippen LogP contribution in [-0.4, -0.2) is 31.5 Å². The summed E-state index contributed by atoms with van der Waals surface area (Å²) in [5.74, 6) is 1.28. The highest BCUT2D eigenvalue weighted by atomic mass is 16.5. The number of rotatable bonds is 5. The third-order valence-corrected chi connectivity index (χ3v) is 6.60. The van der Waals surface area contributed by atoms with Crippen molar-refractivity contribution in [1.82, 2.24) is 5.32 Å². The number of nitrogens with one attached hydrogen (secondary N) is 1. The van der Waals surface area contributed by atoms with Crippen LogP contribution in [0.1, 0.15) is 55.5 Å². The molecule has 1 N–H and O–H groups in total. The SMILES string of the molecule is COc1cccc(C(=O)N[C@H]2CC[C@H](CN3C(=O)C(C)(C)c4ccccc43)CC2)c1. The lowest BCUT2D eigenvalue weighted by molar-refractivity contribution is -0.122. The Bertz CT molecular complexity index is 945. The number of carbonyl (C=O) groups is 2. The average Bonchev–Trinajstić information content (AvgIpc) is 2.96. The first kappa shape index (κ1) is 20.5. The van der Waals surface area contributed by atoms with E-state index < -0.39 is 5.41 Å². The van der Waals surface area contributed by atoms with Crippen LogP contribution in [0.2, 0.25) is 0 Å². The van der Waals surface area contributed by atoms with Gasteiger partial charge in [-0.2, -0.15) is 0 Å². The molecule has 0 spiro atoms. The monoisotopic (exact) mass is 406 g/mol. The molecule has 5 nitrogen and oxygen atoms in total. The zero-order valence-electron chi connectivity index (χ0n) is 18.0. The lowest BCUT2D eigenvalue weighted by atomic mass is 9.85. The minimum Gasteiger partial charge on any atom is -0.497 e. The predicted octanol–water partition coefficient (Wildman–Crippen LogP) is 4.31. The van der Waals surface area contributed by atoms with Gasteiger partial charge in [0.05, 0.1) is 12.5 Å². The molecule has 1 fully saturated rings. The van der Waals surface area contributed by atoms with Crippen LogP contribution < -0.4 is 15.0 Å². The predicted molar refractivity (Wildman–Crippen MR) is 118 cm³/mol. The van der Waals surface area contributed by atoms with Crippen molar-refractivity contribution in [3.05, 3.63) is 59.7 Å². The summed E-state index contributed by atoms with van der Waals surface area (Å²) in [6, 6.07) is 15.6. The molecule has 1 saturated carbocycles. The van der Waals surface area contributed by atoms with Gasteiger partial charge in [-0.05, 0) is 75.3 Å². The molecular formula is C25H30N2O3. The van der Waals surface area contributed by atoms with Crippen LogP contribution in [0, 0.1) is 5.92 Å². The quantitative estimate of drug-likeness (QED) is 0.805. The number of anilines is 1. The lowest BCUT2D eigenvalue weighted by Gasteiger charge is -2.32. The second-order valence-electron chi connectivity index (χ2n) is 8.98. The number of ether oxygens (including phenoxy) is 1. The molecule has 158 valence electrons. The Labute approximate surface area is 178 Å². The largest absolute Gasteiger partial charge is 0.497 e. The summed E-state index contributed by atoms with van der Waals surface area (Å²) in [5, 5.41) is 3.16. The highest BCUT2D eigenvalue weighted by molar-refractivity contribution is 6.07. The molecule has 1 aliphatic heterocycles. The summed E-state index contributed by atoms with van der Waals surface area (Å²) in [6.45, 7) is 4.79. The van der Waals surface area contributed by atoms with E-state index in [4.69, 9.17) is 4.74 Å². The van der Waals surface area contributed by atoms with Crippen LogP contribution in [0.15, 0.2) is 48.5 Å². The fraction of sp³-hybridized carbons (Fsp3) is 0.440. The zero-order valence-corrected chi connectivity index (χ0v) is 18.0. The maximum absolute atomic E-state index is 13.0. The van der Waals surface area contributed by atoms with Crippen molar-refractivity contribution in [3.8, 4) is 5.75 Å². The number of amides is 2. The van der Waals surface area contributed by atoms with E-state index in [2.05, 4.69) is 17.4 Å². The van der Waals surface area contributed by atoms with Crippen molar-refractivity contribution < 1.29 is 14.3 Å². The molecule has 2 amide bonds. The third kappa shape index (κ3) is 3.81. The zero-order chi connectivity index (χ0) is 21.3. The summed E-state index contributed by atoms with van der Waals surface area (Å²) in [4.78, 5) is 27.6. The molecule has 0 radical (unpaired) electrons. The molecule has 0 unspecified atom stereocenters. The van der Waals surface area contributed by atoms with Crippen LogP contribution in [0.5, 0.6) is 5.75 Å². The Balaban J connectivity index is 1.34. The van der Waals surface area contributed by atoms with Crippen LogP contribution in [0.4, 0.5) is 5.69 Å². The first-order chi connectivity index (χ1) is 14.4. The van der Waals surface area contributed by atoms with Gasteiger partial charge in [-0.25, -0.2) is 0 Å². The molecule has 1 aliphatic carbocycles. The smallest absolute Gasteiger partial charge is 0.251 e. The van der Waals surface area contributed by atoms with E-state index in [0.717, 1.165) is 43.5 Å². The normalized spacial score (nSPS) is 22.5. The van der Waals surface area contributed by atoms with E-state index in [1.54, 1.807) is 13.2 Å². The molecule has 1 heterocycles. The van der Waals surface area contributed by atoms with Gasteiger partial charge < -0.3 is 15.0 Å². The highest BCUT2D eigenvalue weighted by Gasteiger charge is 2.44. The minimum absolute atomic E-state index is 0.0530. The number of hydrogen-bond donors (Lipinski definition) is 1. The molecule has 2 aliphatic rings. The first-order valence-electron chi connectivity index (χ1n) is 10.8. The van der Waals surface area contributed by atoms with E-state index in [-0.39, 0.29) is 17.9 Å². The number of fused-ring (bicyclic) bond motifs is 1. The van der Waals surface area contributed by atoms with E-state index in [1.807, 2.05) is 49.1 Å². The summed E-state index contributed by atoms with van der Waals surface area (Å²) >= 11 is 0. The summed E-state index contributed by atoms with van der Waals surface area (Å²) < 4.78 is 5.21. The van der Waals surface area contributed by atoms with Crippen LogP contribution in [0.3, 0.4) is 0 Å². The second kappa shape index (κ2) is 8.13. The first-order valence-corrected chi connectivity index (χ1v) is 10.8. The standard InChI is InChI=1S/C25H30N2O3/c1-25(2)21-9-4-5-10-22(21)27(24(25)29)16-17-11-13-19(14-12-17)26-23(28)18-7-6-8-20(15-18)30-3/h4-10,15,17,19H,11-14,16H2,1-3H3,(H,26,28)/t17-,19-. The maximum atomic E-state index is 13.0. The summed E-state index contributed by atoms with van der Waals surface area (Å²) in [7, 11) is 1.60. The van der Waals surface area contributed by atoms with Crippen molar-refractivity contribution in [2.24, 2.45) is 5.92 Å². The number of hydrogen-bond acceptors (Lipinski definition) is 3. The number of nitrogens with zero attached hydrogens (tertiary/aromatic N) is 1. The van der Waals surface area contributed by atoms with Gasteiger partial charge in [0.1, 0.15) is 5.75 Å². The molecular weight excluding hydrogens is 376 g/mol. The minimum atomic E-state index is -0.460. The number of methoxy groups -OCH3 is 1. The van der Waals surface area contributed by atoms with Crippen molar-refractivity contribution in [3.63, 3.8) is 0 Å². The van der Waals surface area contributed by atoms with Crippen molar-refractivity contribution >= 4 is 17.5 Å². The van der Waals surface area contributed by atoms with Gasteiger partial charge in [-0.3, -0.25) is 9.59 Å². The van der Waals surface area contributed by atoms with Crippen molar-refractivity contribution in [2.75, 3.05) is 18.6 Å². The maximum Gasteiger partial charge on any atom is 0.251 e. The van der Waals surface area contributed by atoms with E-state index >= 15 is 0 Å². The molecule has 0 bridgehead atoms. The topological polar surface area (TPSA) is 58.6 Å². The summed E-state index contributed by atoms with van der Waals surface area (Å²) in [5.41, 5.74) is 2.34. The highest BCUT2D eigenvalue weighted by Crippen LogP contribution is 2.42. The Morgan fingerprint density at radius 1 is 1.10 bits per heavy atom. The van der Waals surface area contributed by atoms with Crippen LogP contribution in [-0.2, 0) is 10.2 Å².